The van der Waals surface area contributed by atoms with Gasteiger partial charge in [0, 0.05) is 10.0 Å². The molecule has 0 aliphatic heterocycles. The molecule has 0 fully saturated rings. The number of methoxy groups -OCH3 is 1. The molecule has 0 amide bonds. The highest BCUT2D eigenvalue weighted by atomic mass is 79.9. The third-order valence-corrected chi connectivity index (χ3v) is 2.54. The summed E-state index contributed by atoms with van der Waals surface area (Å²) in [5.41, 5.74) is 1.74. The van der Waals surface area contributed by atoms with E-state index in [1.54, 1.807) is 19.1 Å². The first-order valence-corrected chi connectivity index (χ1v) is 4.73. The van der Waals surface area contributed by atoms with Crippen molar-refractivity contribution in [3.8, 4) is 0 Å². The second-order valence-corrected chi connectivity index (χ2v) is 3.65. The van der Waals surface area contributed by atoms with Crippen molar-refractivity contribution in [1.82, 2.24) is 0 Å². The zero-order valence-corrected chi connectivity index (χ0v) is 9.42. The number of carbonyl (C=O) groups is 2. The summed E-state index contributed by atoms with van der Waals surface area (Å²) in [6.07, 6.45) is 0.751. The first-order valence-electron chi connectivity index (χ1n) is 3.93. The number of benzene rings is 1. The maximum Gasteiger partial charge on any atom is 0.339 e. The zero-order valence-electron chi connectivity index (χ0n) is 7.83. The van der Waals surface area contributed by atoms with E-state index >= 15 is 0 Å². The molecule has 0 saturated carbocycles. The fourth-order valence-electron chi connectivity index (χ4n) is 1.09. The van der Waals surface area contributed by atoms with Crippen molar-refractivity contribution in [1.29, 1.82) is 0 Å². The molecular weight excluding hydrogens is 248 g/mol. The van der Waals surface area contributed by atoms with Gasteiger partial charge in [0.15, 0.2) is 0 Å². The number of aryl methyl sites for hydroxylation is 1. The van der Waals surface area contributed by atoms with Gasteiger partial charge in [-0.25, -0.2) is 4.79 Å². The number of halogens is 1. The van der Waals surface area contributed by atoms with Crippen LogP contribution in [0, 0.1) is 6.92 Å². The molecule has 4 heteroatoms. The lowest BCUT2D eigenvalue weighted by molar-refractivity contribution is 0.0599. The second kappa shape index (κ2) is 4.37. The lowest BCUT2D eigenvalue weighted by Gasteiger charge is -2.05. The van der Waals surface area contributed by atoms with E-state index in [9.17, 15) is 9.59 Å². The average molecular weight is 257 g/mol. The van der Waals surface area contributed by atoms with Crippen LogP contribution in [0.4, 0.5) is 0 Å². The molecule has 74 valence electrons. The van der Waals surface area contributed by atoms with Crippen molar-refractivity contribution in [2.24, 2.45) is 0 Å². The maximum absolute atomic E-state index is 11.2. The molecule has 0 aromatic heterocycles. The molecule has 0 N–H and O–H groups in total. The Morgan fingerprint density at radius 3 is 2.64 bits per heavy atom. The van der Waals surface area contributed by atoms with Gasteiger partial charge in [-0.15, -0.1) is 0 Å². The smallest absolute Gasteiger partial charge is 0.339 e. The van der Waals surface area contributed by atoms with Crippen molar-refractivity contribution in [3.63, 3.8) is 0 Å². The Kier molecular flexibility index (Phi) is 3.41. The summed E-state index contributed by atoms with van der Waals surface area (Å²) in [7, 11) is 1.32. The van der Waals surface area contributed by atoms with Gasteiger partial charge in [0.2, 0.25) is 0 Å². The first kappa shape index (κ1) is 10.9. The van der Waals surface area contributed by atoms with Crippen LogP contribution in [0.3, 0.4) is 0 Å². The van der Waals surface area contributed by atoms with Crippen LogP contribution in [-0.4, -0.2) is 19.4 Å². The second-order valence-electron chi connectivity index (χ2n) is 2.80. The minimum atomic E-state index is -0.419. The third-order valence-electron chi connectivity index (χ3n) is 1.89. The van der Waals surface area contributed by atoms with E-state index in [1.807, 2.05) is 0 Å². The molecule has 0 bridgehead atoms. The summed E-state index contributed by atoms with van der Waals surface area (Å²) in [6.45, 7) is 1.77. The molecule has 1 aromatic carbocycles. The molecule has 0 atom stereocenters. The topological polar surface area (TPSA) is 43.4 Å². The van der Waals surface area contributed by atoms with Crippen LogP contribution in [0.5, 0.6) is 0 Å². The number of hydrogen-bond donors (Lipinski definition) is 0. The Balaban J connectivity index is 3.28. The van der Waals surface area contributed by atoms with Crippen molar-refractivity contribution in [3.05, 3.63) is 33.3 Å². The number of esters is 1. The average Bonchev–Trinajstić information content (AvgIpc) is 2.19. The Morgan fingerprint density at radius 2 is 2.14 bits per heavy atom. The van der Waals surface area contributed by atoms with E-state index < -0.39 is 5.97 Å². The number of aldehydes is 1. The van der Waals surface area contributed by atoms with Crippen LogP contribution in [0.1, 0.15) is 26.3 Å². The summed E-state index contributed by atoms with van der Waals surface area (Å²) in [6, 6.07) is 3.23. The zero-order chi connectivity index (χ0) is 10.7. The number of hydrogen-bond acceptors (Lipinski definition) is 3. The summed E-state index contributed by atoms with van der Waals surface area (Å²) in [5, 5.41) is 0. The Morgan fingerprint density at radius 1 is 1.50 bits per heavy atom. The molecule has 0 radical (unpaired) electrons. The Hall–Kier alpha value is -1.16. The number of rotatable bonds is 2. The summed E-state index contributed by atoms with van der Waals surface area (Å²) in [4.78, 5) is 21.8. The molecule has 0 saturated heterocycles. The fourth-order valence-corrected chi connectivity index (χ4v) is 1.61. The highest BCUT2D eigenvalue weighted by Crippen LogP contribution is 2.21. The minimum absolute atomic E-state index is 0.419. The van der Waals surface area contributed by atoms with Crippen molar-refractivity contribution in [2.75, 3.05) is 7.11 Å². The van der Waals surface area contributed by atoms with Crippen LogP contribution in [0.25, 0.3) is 0 Å². The monoisotopic (exact) mass is 256 g/mol. The van der Waals surface area contributed by atoms with Gasteiger partial charge in [-0.05, 0) is 40.5 Å². The van der Waals surface area contributed by atoms with Crippen molar-refractivity contribution >= 4 is 28.2 Å². The van der Waals surface area contributed by atoms with Crippen molar-refractivity contribution < 1.29 is 14.3 Å². The Labute approximate surface area is 90.2 Å². The molecule has 0 heterocycles. The largest absolute Gasteiger partial charge is 0.465 e. The number of carbonyl (C=O) groups excluding carboxylic acids is 2. The summed E-state index contributed by atoms with van der Waals surface area (Å²) in [5.74, 6) is -0.419. The van der Waals surface area contributed by atoms with E-state index in [4.69, 9.17) is 0 Å². The molecular formula is C10H9BrO3. The highest BCUT2D eigenvalue weighted by molar-refractivity contribution is 9.10. The first-order chi connectivity index (χ1) is 6.60. The van der Waals surface area contributed by atoms with Gasteiger partial charge >= 0.3 is 5.97 Å². The standard InChI is InChI=1S/C10H9BrO3/c1-6-3-8(10(13)14-2)9(11)4-7(6)5-12/h3-5H,1-2H3. The van der Waals surface area contributed by atoms with Gasteiger partial charge in [0.25, 0.3) is 0 Å². The third kappa shape index (κ3) is 2.01. The van der Waals surface area contributed by atoms with E-state index in [2.05, 4.69) is 20.7 Å². The molecule has 1 aromatic rings. The quantitative estimate of drug-likeness (QED) is 0.603. The highest BCUT2D eigenvalue weighted by Gasteiger charge is 2.12. The molecule has 1 rings (SSSR count). The van der Waals surface area contributed by atoms with Gasteiger partial charge in [0.05, 0.1) is 12.7 Å². The molecule has 3 nitrogen and oxygen atoms in total. The minimum Gasteiger partial charge on any atom is -0.465 e. The van der Waals surface area contributed by atoms with Crippen LogP contribution < -0.4 is 0 Å². The van der Waals surface area contributed by atoms with Gasteiger partial charge in [-0.1, -0.05) is 0 Å². The van der Waals surface area contributed by atoms with Crippen LogP contribution in [0.15, 0.2) is 16.6 Å². The van der Waals surface area contributed by atoms with Crippen LogP contribution in [-0.2, 0) is 4.74 Å². The van der Waals surface area contributed by atoms with E-state index in [1.165, 1.54) is 7.11 Å². The summed E-state index contributed by atoms with van der Waals surface area (Å²) < 4.78 is 5.16. The molecule has 0 spiro atoms. The predicted octanol–water partition coefficient (Wildman–Crippen LogP) is 2.36. The van der Waals surface area contributed by atoms with Crippen molar-refractivity contribution in [2.45, 2.75) is 6.92 Å². The number of ether oxygens (including phenoxy) is 1. The van der Waals surface area contributed by atoms with E-state index in [0.29, 0.717) is 15.6 Å². The van der Waals surface area contributed by atoms with Gasteiger partial charge in [-0.2, -0.15) is 0 Å². The lowest BCUT2D eigenvalue weighted by Crippen LogP contribution is -2.04. The predicted molar refractivity (Wildman–Crippen MR) is 55.6 cm³/mol. The van der Waals surface area contributed by atoms with Crippen LogP contribution >= 0.6 is 15.9 Å². The van der Waals surface area contributed by atoms with E-state index in [-0.39, 0.29) is 0 Å². The molecule has 0 aliphatic rings. The SMILES string of the molecule is COC(=O)c1cc(C)c(C=O)cc1Br. The summed E-state index contributed by atoms with van der Waals surface area (Å²) >= 11 is 3.20. The molecule has 14 heavy (non-hydrogen) atoms. The maximum atomic E-state index is 11.2. The Bertz CT molecular complexity index is 385. The fraction of sp³-hybridized carbons (Fsp3) is 0.200. The van der Waals surface area contributed by atoms with E-state index in [0.717, 1.165) is 11.8 Å². The normalized spacial score (nSPS) is 9.64. The van der Waals surface area contributed by atoms with Gasteiger partial charge in [-0.3, -0.25) is 4.79 Å². The van der Waals surface area contributed by atoms with Gasteiger partial charge in [0.1, 0.15) is 6.29 Å². The molecule has 0 aliphatic carbocycles. The van der Waals surface area contributed by atoms with Crippen LogP contribution in [0.2, 0.25) is 0 Å². The lowest BCUT2D eigenvalue weighted by atomic mass is 10.1. The molecule has 0 unspecified atom stereocenters. The van der Waals surface area contributed by atoms with Gasteiger partial charge < -0.3 is 4.74 Å².